The third kappa shape index (κ3) is 5.73. The lowest BCUT2D eigenvalue weighted by Crippen LogP contribution is -2.45. The number of allylic oxidation sites excluding steroid dienone is 1. The maximum atomic E-state index is 12.4. The quantitative estimate of drug-likeness (QED) is 0.776. The van der Waals surface area contributed by atoms with E-state index < -0.39 is 0 Å². The molecule has 0 aromatic heterocycles. The van der Waals surface area contributed by atoms with Gasteiger partial charge in [-0.1, -0.05) is 42.5 Å². The Morgan fingerprint density at radius 2 is 1.92 bits per heavy atom. The summed E-state index contributed by atoms with van der Waals surface area (Å²) in [6, 6.07) is 10.2. The average Bonchev–Trinajstić information content (AvgIpc) is 3.48. The van der Waals surface area contributed by atoms with E-state index in [1.54, 1.807) is 0 Å². The summed E-state index contributed by atoms with van der Waals surface area (Å²) in [5.74, 6) is 0.915. The van der Waals surface area contributed by atoms with Crippen LogP contribution in [0.2, 0.25) is 0 Å². The van der Waals surface area contributed by atoms with Crippen LogP contribution in [0, 0.1) is 11.8 Å². The molecule has 1 unspecified atom stereocenters. The van der Waals surface area contributed by atoms with Gasteiger partial charge in [-0.25, -0.2) is 0 Å². The number of rotatable bonds is 7. The molecule has 4 nitrogen and oxygen atoms in total. The lowest BCUT2D eigenvalue weighted by atomic mass is 9.96. The molecule has 0 spiro atoms. The molecule has 1 N–H and O–H groups in total. The van der Waals surface area contributed by atoms with Crippen molar-refractivity contribution in [1.29, 1.82) is 0 Å². The number of carbonyl (C=O) groups excluding carboxylic acids is 2. The van der Waals surface area contributed by atoms with Crippen LogP contribution in [0.4, 0.5) is 0 Å². The Labute approximate surface area is 150 Å². The van der Waals surface area contributed by atoms with Crippen LogP contribution in [0.3, 0.4) is 0 Å². The van der Waals surface area contributed by atoms with Gasteiger partial charge in [-0.3, -0.25) is 9.59 Å². The number of benzene rings is 1. The highest BCUT2D eigenvalue weighted by Gasteiger charge is 2.29. The summed E-state index contributed by atoms with van der Waals surface area (Å²) in [5.41, 5.74) is 1.25. The Bertz CT molecular complexity index is 608. The molecule has 1 aliphatic heterocycles. The van der Waals surface area contributed by atoms with Gasteiger partial charge in [-0.05, 0) is 43.6 Å². The highest BCUT2D eigenvalue weighted by molar-refractivity contribution is 5.81. The van der Waals surface area contributed by atoms with E-state index in [1.807, 2.05) is 29.2 Å². The van der Waals surface area contributed by atoms with Gasteiger partial charge in [0.25, 0.3) is 0 Å². The molecule has 0 bridgehead atoms. The molecule has 1 saturated carbocycles. The van der Waals surface area contributed by atoms with Crippen LogP contribution in [0.1, 0.15) is 37.7 Å². The van der Waals surface area contributed by atoms with E-state index in [0.29, 0.717) is 18.9 Å². The second-order valence-corrected chi connectivity index (χ2v) is 7.23. The number of hydrogen-bond donors (Lipinski definition) is 1. The summed E-state index contributed by atoms with van der Waals surface area (Å²) < 4.78 is 0. The Morgan fingerprint density at radius 1 is 1.12 bits per heavy atom. The number of hydrogen-bond acceptors (Lipinski definition) is 2. The first-order valence-corrected chi connectivity index (χ1v) is 9.47. The molecule has 1 aromatic carbocycles. The molecule has 3 rings (SSSR count). The van der Waals surface area contributed by atoms with Crippen molar-refractivity contribution in [1.82, 2.24) is 10.2 Å². The fourth-order valence-electron chi connectivity index (χ4n) is 3.28. The summed E-state index contributed by atoms with van der Waals surface area (Å²) in [7, 11) is 0. The van der Waals surface area contributed by atoms with Crippen molar-refractivity contribution in [3.63, 3.8) is 0 Å². The Hall–Kier alpha value is -2.10. The third-order valence-electron chi connectivity index (χ3n) is 5.06. The monoisotopic (exact) mass is 340 g/mol. The Morgan fingerprint density at radius 3 is 2.68 bits per heavy atom. The van der Waals surface area contributed by atoms with Crippen LogP contribution in [0.15, 0.2) is 42.5 Å². The molecule has 1 saturated heterocycles. The number of amides is 2. The zero-order chi connectivity index (χ0) is 17.5. The van der Waals surface area contributed by atoms with Gasteiger partial charge in [0.2, 0.25) is 11.8 Å². The van der Waals surface area contributed by atoms with Crippen LogP contribution in [0.25, 0.3) is 0 Å². The van der Waals surface area contributed by atoms with E-state index in [2.05, 4.69) is 23.5 Å². The van der Waals surface area contributed by atoms with E-state index in [-0.39, 0.29) is 17.7 Å². The smallest absolute Gasteiger partial charge is 0.226 e. The van der Waals surface area contributed by atoms with Crippen molar-refractivity contribution in [2.24, 2.45) is 11.8 Å². The zero-order valence-electron chi connectivity index (χ0n) is 14.8. The van der Waals surface area contributed by atoms with Gasteiger partial charge in [-0.15, -0.1) is 0 Å². The Kier molecular flexibility index (Phi) is 6.26. The van der Waals surface area contributed by atoms with Gasteiger partial charge in [0, 0.05) is 26.1 Å². The summed E-state index contributed by atoms with van der Waals surface area (Å²) in [6.45, 7) is 2.16. The molecular formula is C21H28N2O2. The first-order chi connectivity index (χ1) is 12.2. The first-order valence-electron chi connectivity index (χ1n) is 9.47. The molecular weight excluding hydrogens is 312 g/mol. The number of likely N-dealkylation sites (tertiary alicyclic amines) is 1. The van der Waals surface area contributed by atoms with Gasteiger partial charge in [0.1, 0.15) is 0 Å². The predicted molar refractivity (Wildman–Crippen MR) is 98.9 cm³/mol. The van der Waals surface area contributed by atoms with Gasteiger partial charge in [0.05, 0.1) is 5.92 Å². The minimum absolute atomic E-state index is 0.0373. The topological polar surface area (TPSA) is 49.4 Å². The summed E-state index contributed by atoms with van der Waals surface area (Å²) in [4.78, 5) is 26.5. The van der Waals surface area contributed by atoms with Gasteiger partial charge >= 0.3 is 0 Å². The zero-order valence-corrected chi connectivity index (χ0v) is 14.8. The fourth-order valence-corrected chi connectivity index (χ4v) is 3.28. The number of carbonyl (C=O) groups is 2. The van der Waals surface area contributed by atoms with Crippen molar-refractivity contribution < 1.29 is 9.59 Å². The molecule has 2 aliphatic rings. The van der Waals surface area contributed by atoms with Crippen LogP contribution >= 0.6 is 0 Å². The van der Waals surface area contributed by atoms with Crippen molar-refractivity contribution in [2.45, 2.75) is 38.5 Å². The normalized spacial score (nSPS) is 20.6. The highest BCUT2D eigenvalue weighted by atomic mass is 16.2. The summed E-state index contributed by atoms with van der Waals surface area (Å²) in [5, 5.41) is 3.05. The summed E-state index contributed by atoms with van der Waals surface area (Å²) in [6.07, 6.45) is 9.56. The second-order valence-electron chi connectivity index (χ2n) is 7.23. The molecule has 25 heavy (non-hydrogen) atoms. The van der Waals surface area contributed by atoms with E-state index in [4.69, 9.17) is 0 Å². The molecule has 2 amide bonds. The number of nitrogens with zero attached hydrogens (tertiary/aromatic N) is 1. The standard InChI is InChI=1S/C21H28N2O2/c24-20(11-5-4-9-17-7-2-1-3-8-17)23-14-6-10-19(16-23)21(25)22-15-18-12-13-18/h1-5,7-8,18-19H,6,9-16H2,(H,22,25)/b5-4+. The molecule has 134 valence electrons. The maximum absolute atomic E-state index is 12.4. The maximum Gasteiger partial charge on any atom is 0.226 e. The fraction of sp³-hybridized carbons (Fsp3) is 0.524. The van der Waals surface area contributed by atoms with Crippen LogP contribution in [0.5, 0.6) is 0 Å². The minimum Gasteiger partial charge on any atom is -0.356 e. The number of nitrogens with one attached hydrogen (secondary N) is 1. The lowest BCUT2D eigenvalue weighted by Gasteiger charge is -2.32. The number of piperidine rings is 1. The molecule has 1 aliphatic carbocycles. The Balaban J connectivity index is 1.40. The summed E-state index contributed by atoms with van der Waals surface area (Å²) >= 11 is 0. The van der Waals surface area contributed by atoms with E-state index in [0.717, 1.165) is 32.4 Å². The molecule has 1 heterocycles. The molecule has 1 atom stereocenters. The molecule has 2 fully saturated rings. The molecule has 1 aromatic rings. The second kappa shape index (κ2) is 8.84. The van der Waals surface area contributed by atoms with Crippen LogP contribution in [-0.4, -0.2) is 36.3 Å². The van der Waals surface area contributed by atoms with Gasteiger partial charge < -0.3 is 10.2 Å². The molecule has 4 heteroatoms. The van der Waals surface area contributed by atoms with Crippen molar-refractivity contribution >= 4 is 11.8 Å². The van der Waals surface area contributed by atoms with Gasteiger partial charge in [0.15, 0.2) is 0 Å². The van der Waals surface area contributed by atoms with Crippen LogP contribution in [-0.2, 0) is 16.0 Å². The third-order valence-corrected chi connectivity index (χ3v) is 5.06. The predicted octanol–water partition coefficient (Wildman–Crippen LogP) is 2.94. The van der Waals surface area contributed by atoms with Crippen molar-refractivity contribution in [3.05, 3.63) is 48.0 Å². The molecule has 0 radical (unpaired) electrons. The van der Waals surface area contributed by atoms with E-state index in [1.165, 1.54) is 18.4 Å². The van der Waals surface area contributed by atoms with Crippen LogP contribution < -0.4 is 5.32 Å². The SMILES string of the molecule is O=C(NCC1CC1)C1CCCN(C(=O)C/C=C/Cc2ccccc2)C1. The highest BCUT2D eigenvalue weighted by Crippen LogP contribution is 2.28. The average molecular weight is 340 g/mol. The van der Waals surface area contributed by atoms with E-state index >= 15 is 0 Å². The van der Waals surface area contributed by atoms with Gasteiger partial charge in [-0.2, -0.15) is 0 Å². The first kappa shape index (κ1) is 17.7. The minimum atomic E-state index is -0.0373. The van der Waals surface area contributed by atoms with E-state index in [9.17, 15) is 9.59 Å². The lowest BCUT2D eigenvalue weighted by molar-refractivity contribution is -0.135. The van der Waals surface area contributed by atoms with Crippen molar-refractivity contribution in [2.75, 3.05) is 19.6 Å². The van der Waals surface area contributed by atoms with Crippen molar-refractivity contribution in [3.8, 4) is 0 Å². The largest absolute Gasteiger partial charge is 0.356 e.